The molecule has 1 aromatic carbocycles. The molecule has 2 amide bonds. The number of amides is 2. The Labute approximate surface area is 124 Å². The Morgan fingerprint density at radius 1 is 1.40 bits per heavy atom. The van der Waals surface area contributed by atoms with Crippen LogP contribution in [0.15, 0.2) is 24.3 Å². The average molecular weight is 292 g/mol. The van der Waals surface area contributed by atoms with Gasteiger partial charge in [-0.05, 0) is 25.0 Å². The van der Waals surface area contributed by atoms with Crippen LogP contribution in [0, 0.1) is 6.92 Å². The number of hydrogen-bond donors (Lipinski definition) is 0. The second-order valence-corrected chi connectivity index (χ2v) is 6.30. The third kappa shape index (κ3) is 2.68. The van der Waals surface area contributed by atoms with E-state index in [1.54, 1.807) is 37.7 Å². The minimum atomic E-state index is -0.433. The van der Waals surface area contributed by atoms with E-state index in [1.165, 1.54) is 4.90 Å². The maximum Gasteiger partial charge on any atom is 0.244 e. The van der Waals surface area contributed by atoms with Crippen molar-refractivity contribution in [3.63, 3.8) is 0 Å². The fourth-order valence-electron chi connectivity index (χ4n) is 2.45. The van der Waals surface area contributed by atoms with Crippen LogP contribution in [-0.2, 0) is 9.59 Å². The zero-order valence-corrected chi connectivity index (χ0v) is 13.1. The van der Waals surface area contributed by atoms with Gasteiger partial charge in [0.25, 0.3) is 0 Å². The van der Waals surface area contributed by atoms with Crippen molar-refractivity contribution >= 4 is 23.6 Å². The van der Waals surface area contributed by atoms with Gasteiger partial charge in [-0.2, -0.15) is 0 Å². The van der Waals surface area contributed by atoms with Crippen molar-refractivity contribution in [3.8, 4) is 0 Å². The van der Waals surface area contributed by atoms with E-state index in [0.29, 0.717) is 5.75 Å². The number of rotatable bonds is 3. The average Bonchev–Trinajstić information content (AvgIpc) is 2.79. The molecule has 0 saturated carbocycles. The zero-order chi connectivity index (χ0) is 14.9. The quantitative estimate of drug-likeness (QED) is 0.856. The highest BCUT2D eigenvalue weighted by Gasteiger charge is 2.39. The fourth-order valence-corrected chi connectivity index (χ4v) is 3.81. The summed E-state index contributed by atoms with van der Waals surface area (Å²) in [6.45, 7) is 3.84. The smallest absolute Gasteiger partial charge is 0.244 e. The van der Waals surface area contributed by atoms with Crippen molar-refractivity contribution in [3.05, 3.63) is 35.4 Å². The molecule has 1 aliphatic rings. The predicted octanol–water partition coefficient (Wildman–Crippen LogP) is 2.05. The molecule has 0 N–H and O–H groups in total. The van der Waals surface area contributed by atoms with Crippen LogP contribution in [0.1, 0.15) is 23.4 Å². The standard InChI is InChI=1S/C15H20N2O2S/c1-10-7-5-6-8-12(10)15-17(13(18)9-20-15)11(2)14(19)16(3)4/h5-8,11,15H,9H2,1-4H3. The minimum absolute atomic E-state index is 0.0333. The van der Waals surface area contributed by atoms with Crippen molar-refractivity contribution in [1.29, 1.82) is 0 Å². The number of nitrogens with zero attached hydrogens (tertiary/aromatic N) is 2. The molecule has 1 fully saturated rings. The Balaban J connectivity index is 2.32. The van der Waals surface area contributed by atoms with Gasteiger partial charge >= 0.3 is 0 Å². The molecule has 2 atom stereocenters. The van der Waals surface area contributed by atoms with Gasteiger partial charge in [-0.3, -0.25) is 9.59 Å². The van der Waals surface area contributed by atoms with Crippen LogP contribution in [0.5, 0.6) is 0 Å². The molecule has 1 aliphatic heterocycles. The van der Waals surface area contributed by atoms with E-state index in [2.05, 4.69) is 0 Å². The van der Waals surface area contributed by atoms with Gasteiger partial charge in [0, 0.05) is 14.1 Å². The molecule has 4 nitrogen and oxygen atoms in total. The van der Waals surface area contributed by atoms with Crippen molar-refractivity contribution in [2.75, 3.05) is 19.8 Å². The van der Waals surface area contributed by atoms with Gasteiger partial charge in [0.15, 0.2) is 0 Å². The highest BCUT2D eigenvalue weighted by molar-refractivity contribution is 8.00. The SMILES string of the molecule is Cc1ccccc1C1SCC(=O)N1C(C)C(=O)N(C)C. The van der Waals surface area contributed by atoms with Crippen LogP contribution in [-0.4, -0.2) is 47.5 Å². The minimum Gasteiger partial charge on any atom is -0.347 e. The summed E-state index contributed by atoms with van der Waals surface area (Å²) < 4.78 is 0. The Bertz CT molecular complexity index is 530. The second kappa shape index (κ2) is 5.87. The molecule has 20 heavy (non-hydrogen) atoms. The molecular formula is C15H20N2O2S. The summed E-state index contributed by atoms with van der Waals surface area (Å²) >= 11 is 1.59. The summed E-state index contributed by atoms with van der Waals surface area (Å²) in [6, 6.07) is 7.60. The van der Waals surface area contributed by atoms with Crippen LogP contribution in [0.4, 0.5) is 0 Å². The molecule has 1 saturated heterocycles. The maximum atomic E-state index is 12.2. The van der Waals surface area contributed by atoms with Crippen LogP contribution in [0.25, 0.3) is 0 Å². The van der Waals surface area contributed by atoms with Gasteiger partial charge in [0.1, 0.15) is 11.4 Å². The van der Waals surface area contributed by atoms with E-state index < -0.39 is 6.04 Å². The van der Waals surface area contributed by atoms with E-state index in [-0.39, 0.29) is 17.2 Å². The van der Waals surface area contributed by atoms with Gasteiger partial charge in [-0.1, -0.05) is 24.3 Å². The van der Waals surface area contributed by atoms with E-state index in [4.69, 9.17) is 0 Å². The molecule has 0 aromatic heterocycles. The summed E-state index contributed by atoms with van der Waals surface area (Å²) in [5, 5.41) is -0.0670. The molecule has 0 bridgehead atoms. The van der Waals surface area contributed by atoms with Crippen LogP contribution < -0.4 is 0 Å². The number of benzene rings is 1. The molecular weight excluding hydrogens is 272 g/mol. The van der Waals surface area contributed by atoms with Crippen molar-refractivity contribution in [2.24, 2.45) is 0 Å². The largest absolute Gasteiger partial charge is 0.347 e. The first kappa shape index (κ1) is 14.9. The second-order valence-electron chi connectivity index (χ2n) is 5.23. The summed E-state index contributed by atoms with van der Waals surface area (Å²) in [6.07, 6.45) is 0. The van der Waals surface area contributed by atoms with Crippen LogP contribution in [0.3, 0.4) is 0 Å². The normalized spacial score (nSPS) is 20.1. The first-order valence-corrected chi connectivity index (χ1v) is 7.68. The summed E-state index contributed by atoms with van der Waals surface area (Å²) in [4.78, 5) is 27.6. The molecule has 5 heteroatoms. The molecule has 2 rings (SSSR count). The molecule has 1 aromatic rings. The molecule has 1 heterocycles. The number of hydrogen-bond acceptors (Lipinski definition) is 3. The zero-order valence-electron chi connectivity index (χ0n) is 12.3. The lowest BCUT2D eigenvalue weighted by Gasteiger charge is -2.31. The highest BCUT2D eigenvalue weighted by Crippen LogP contribution is 2.41. The first-order chi connectivity index (χ1) is 9.43. The molecule has 108 valence electrons. The van der Waals surface area contributed by atoms with Gasteiger partial charge in [-0.15, -0.1) is 11.8 Å². The van der Waals surface area contributed by atoms with E-state index in [9.17, 15) is 9.59 Å². The topological polar surface area (TPSA) is 40.6 Å². The summed E-state index contributed by atoms with van der Waals surface area (Å²) in [5.74, 6) is 0.426. The molecule has 0 radical (unpaired) electrons. The van der Waals surface area contributed by atoms with Crippen LogP contribution in [0.2, 0.25) is 0 Å². The fraction of sp³-hybridized carbons (Fsp3) is 0.467. The number of likely N-dealkylation sites (N-methyl/N-ethyl adjacent to an activating group) is 1. The lowest BCUT2D eigenvalue weighted by molar-refractivity contribution is -0.142. The highest BCUT2D eigenvalue weighted by atomic mass is 32.2. The predicted molar refractivity (Wildman–Crippen MR) is 81.4 cm³/mol. The maximum absolute atomic E-state index is 12.2. The lowest BCUT2D eigenvalue weighted by atomic mass is 10.1. The van der Waals surface area contributed by atoms with Gasteiger partial charge in [0.2, 0.25) is 11.8 Å². The van der Waals surface area contributed by atoms with Gasteiger partial charge in [0.05, 0.1) is 5.75 Å². The monoisotopic (exact) mass is 292 g/mol. The lowest BCUT2D eigenvalue weighted by Crippen LogP contribution is -2.46. The van der Waals surface area contributed by atoms with Crippen LogP contribution >= 0.6 is 11.8 Å². The molecule has 0 aliphatic carbocycles. The number of aryl methyl sites for hydroxylation is 1. The third-order valence-corrected chi connectivity index (χ3v) is 4.79. The Morgan fingerprint density at radius 2 is 2.05 bits per heavy atom. The first-order valence-electron chi connectivity index (χ1n) is 6.63. The van der Waals surface area contributed by atoms with E-state index >= 15 is 0 Å². The Morgan fingerprint density at radius 3 is 2.65 bits per heavy atom. The van der Waals surface area contributed by atoms with Crippen molar-refractivity contribution < 1.29 is 9.59 Å². The molecule has 2 unspecified atom stereocenters. The summed E-state index contributed by atoms with van der Waals surface area (Å²) in [5.41, 5.74) is 2.26. The molecule has 0 spiro atoms. The van der Waals surface area contributed by atoms with Crippen molar-refractivity contribution in [2.45, 2.75) is 25.3 Å². The van der Waals surface area contributed by atoms with E-state index in [1.807, 2.05) is 31.2 Å². The third-order valence-electron chi connectivity index (χ3n) is 3.58. The van der Waals surface area contributed by atoms with E-state index in [0.717, 1.165) is 11.1 Å². The number of thioether (sulfide) groups is 1. The Hall–Kier alpha value is -1.49. The number of carbonyl (C=O) groups is 2. The van der Waals surface area contributed by atoms with Gasteiger partial charge < -0.3 is 9.80 Å². The number of carbonyl (C=O) groups excluding carboxylic acids is 2. The van der Waals surface area contributed by atoms with Crippen molar-refractivity contribution in [1.82, 2.24) is 9.80 Å². The van der Waals surface area contributed by atoms with Gasteiger partial charge in [-0.25, -0.2) is 0 Å². The Kier molecular flexibility index (Phi) is 4.38. The summed E-state index contributed by atoms with van der Waals surface area (Å²) in [7, 11) is 3.44.